The molecule has 0 saturated heterocycles. The van der Waals surface area contributed by atoms with Crippen LogP contribution in [0.3, 0.4) is 0 Å². The minimum atomic E-state index is -2.51. The molecule has 1 aromatic carbocycles. The fourth-order valence-corrected chi connectivity index (χ4v) is 4.47. The lowest BCUT2D eigenvalue weighted by Gasteiger charge is -2.29. The quantitative estimate of drug-likeness (QED) is 0.411. The average Bonchev–Trinajstić information content (AvgIpc) is 3.38. The number of carbonyl (C=O) groups is 1. The van der Waals surface area contributed by atoms with E-state index in [0.717, 1.165) is 42.2 Å². The minimum Gasteiger partial charge on any atom is -0.354 e. The van der Waals surface area contributed by atoms with Crippen molar-refractivity contribution in [3.8, 4) is 11.1 Å². The highest BCUT2D eigenvalue weighted by Crippen LogP contribution is 2.30. The molecular weight excluding hydrogens is 430 g/mol. The molecule has 172 valence electrons. The van der Waals surface area contributed by atoms with Gasteiger partial charge < -0.3 is 15.6 Å². The Morgan fingerprint density at radius 3 is 2.79 bits per heavy atom. The van der Waals surface area contributed by atoms with E-state index in [4.69, 9.17) is 0 Å². The van der Waals surface area contributed by atoms with E-state index < -0.39 is 13.0 Å². The number of nitrogens with one attached hydrogen (secondary N) is 3. The Bertz CT molecular complexity index is 1290. The summed E-state index contributed by atoms with van der Waals surface area (Å²) in [4.78, 5) is 23.5. The number of H-pyrrole nitrogens is 1. The number of halogens is 2. The first-order valence-corrected chi connectivity index (χ1v) is 11.0. The van der Waals surface area contributed by atoms with Crippen molar-refractivity contribution in [1.29, 1.82) is 0 Å². The summed E-state index contributed by atoms with van der Waals surface area (Å²) < 4.78 is 26.9. The first kappa shape index (κ1) is 21.2. The predicted octanol–water partition coefficient (Wildman–Crippen LogP) is 3.49. The van der Waals surface area contributed by atoms with Gasteiger partial charge in [-0.2, -0.15) is 4.98 Å². The van der Waals surface area contributed by atoms with Crippen LogP contribution >= 0.6 is 0 Å². The molecule has 33 heavy (non-hydrogen) atoms. The lowest BCUT2D eigenvalue weighted by Crippen LogP contribution is -2.39. The Kier molecular flexibility index (Phi) is 5.61. The molecule has 0 unspecified atom stereocenters. The summed E-state index contributed by atoms with van der Waals surface area (Å²) in [7, 11) is 0. The van der Waals surface area contributed by atoms with Crippen molar-refractivity contribution in [2.24, 2.45) is 0 Å². The van der Waals surface area contributed by atoms with Crippen LogP contribution in [0.4, 0.5) is 14.7 Å². The number of aromatic amines is 1. The van der Waals surface area contributed by atoms with Gasteiger partial charge in [0.1, 0.15) is 17.7 Å². The molecule has 9 nitrogen and oxygen atoms in total. The molecule has 0 spiro atoms. The van der Waals surface area contributed by atoms with Crippen LogP contribution in [0.2, 0.25) is 0 Å². The third-order valence-corrected chi connectivity index (χ3v) is 6.04. The maximum Gasteiger partial charge on any atom is 0.258 e. The number of anilines is 1. The average molecular weight is 454 g/mol. The molecule has 1 saturated carbocycles. The zero-order chi connectivity index (χ0) is 22.9. The van der Waals surface area contributed by atoms with Crippen molar-refractivity contribution in [1.82, 2.24) is 35.3 Å². The van der Waals surface area contributed by atoms with Gasteiger partial charge in [0, 0.05) is 42.4 Å². The van der Waals surface area contributed by atoms with E-state index in [2.05, 4.69) is 35.9 Å². The first-order valence-electron chi connectivity index (χ1n) is 11.0. The van der Waals surface area contributed by atoms with Gasteiger partial charge in [0.25, 0.3) is 6.43 Å². The van der Waals surface area contributed by atoms with E-state index in [-0.39, 0.29) is 18.0 Å². The lowest BCUT2D eigenvalue weighted by atomic mass is 9.91. The second-order valence-corrected chi connectivity index (χ2v) is 8.42. The fraction of sp³-hybridized carbons (Fsp3) is 0.409. The monoisotopic (exact) mass is 454 g/mol. The Morgan fingerprint density at radius 1 is 1.24 bits per heavy atom. The third-order valence-electron chi connectivity index (χ3n) is 6.04. The topological polar surface area (TPSA) is 113 Å². The number of hydrogen-bond donors (Lipinski definition) is 3. The summed E-state index contributed by atoms with van der Waals surface area (Å²) in [5, 5.41) is 15.0. The van der Waals surface area contributed by atoms with Crippen molar-refractivity contribution >= 4 is 33.9 Å². The van der Waals surface area contributed by atoms with E-state index in [0.29, 0.717) is 22.6 Å². The Balaban J connectivity index is 1.34. The molecule has 0 aliphatic heterocycles. The SMILES string of the molecule is CC(=O)NC1CCC(Nc2ncc3c(-c4ccc5nnn(CC(F)F)c5c4)c[nH]c3n2)CC1. The first-order chi connectivity index (χ1) is 16.0. The van der Waals surface area contributed by atoms with Crippen molar-refractivity contribution in [3.63, 3.8) is 0 Å². The van der Waals surface area contributed by atoms with Crippen LogP contribution in [-0.4, -0.2) is 54.4 Å². The summed E-state index contributed by atoms with van der Waals surface area (Å²) in [6.07, 6.45) is 4.80. The number of aromatic nitrogens is 6. The Hall–Kier alpha value is -3.63. The largest absolute Gasteiger partial charge is 0.354 e. The summed E-state index contributed by atoms with van der Waals surface area (Å²) in [6, 6.07) is 5.95. The van der Waals surface area contributed by atoms with Crippen LogP contribution in [0, 0.1) is 0 Å². The van der Waals surface area contributed by atoms with Crippen molar-refractivity contribution < 1.29 is 13.6 Å². The zero-order valence-electron chi connectivity index (χ0n) is 18.1. The normalized spacial score (nSPS) is 18.8. The molecule has 3 aromatic heterocycles. The number of amides is 1. The predicted molar refractivity (Wildman–Crippen MR) is 120 cm³/mol. The molecular formula is C22H24F2N8O. The highest BCUT2D eigenvalue weighted by atomic mass is 19.3. The molecule has 5 rings (SSSR count). The van der Waals surface area contributed by atoms with Gasteiger partial charge in [-0.3, -0.25) is 4.79 Å². The number of hydrogen-bond acceptors (Lipinski definition) is 6. The van der Waals surface area contributed by atoms with Gasteiger partial charge >= 0.3 is 0 Å². The maximum atomic E-state index is 12.9. The summed E-state index contributed by atoms with van der Waals surface area (Å²) in [6.45, 7) is 1.05. The Morgan fingerprint density at radius 2 is 2.03 bits per heavy atom. The standard InChI is InChI=1S/C22H24F2N8O/c1-12(33)27-14-3-5-15(6-4-14)28-22-26-10-17-16(9-25-21(17)29-22)13-2-7-18-19(8-13)32(31-30-18)11-20(23)24/h2,7-10,14-15,20H,3-6,11H2,1H3,(H,27,33)(H2,25,26,28,29). The molecule has 0 bridgehead atoms. The van der Waals surface area contributed by atoms with Gasteiger partial charge in [-0.05, 0) is 43.4 Å². The van der Waals surface area contributed by atoms with Crippen molar-refractivity contribution in [3.05, 3.63) is 30.6 Å². The Labute approximate surface area is 188 Å². The maximum absolute atomic E-state index is 12.9. The van der Waals surface area contributed by atoms with Crippen LogP contribution in [-0.2, 0) is 11.3 Å². The van der Waals surface area contributed by atoms with Gasteiger partial charge in [-0.1, -0.05) is 11.3 Å². The number of alkyl halides is 2. The second kappa shape index (κ2) is 8.72. The number of rotatable bonds is 6. The number of fused-ring (bicyclic) bond motifs is 2. The van der Waals surface area contributed by atoms with E-state index in [9.17, 15) is 13.6 Å². The van der Waals surface area contributed by atoms with Gasteiger partial charge in [0.15, 0.2) is 0 Å². The fourth-order valence-electron chi connectivity index (χ4n) is 4.47. The van der Waals surface area contributed by atoms with Crippen molar-refractivity contribution in [2.45, 2.75) is 57.7 Å². The van der Waals surface area contributed by atoms with Crippen LogP contribution in [0.5, 0.6) is 0 Å². The molecule has 3 heterocycles. The number of benzene rings is 1. The summed E-state index contributed by atoms with van der Waals surface area (Å²) in [5.41, 5.74) is 3.52. The van der Waals surface area contributed by atoms with Crippen LogP contribution in [0.15, 0.2) is 30.6 Å². The molecule has 11 heteroatoms. The minimum absolute atomic E-state index is 0.0108. The van der Waals surface area contributed by atoms with E-state index >= 15 is 0 Å². The summed E-state index contributed by atoms with van der Waals surface area (Å²) in [5.74, 6) is 0.560. The van der Waals surface area contributed by atoms with Crippen LogP contribution in [0.1, 0.15) is 32.6 Å². The highest BCUT2D eigenvalue weighted by Gasteiger charge is 2.22. The number of carbonyl (C=O) groups excluding carboxylic acids is 1. The summed E-state index contributed by atoms with van der Waals surface area (Å²) >= 11 is 0. The van der Waals surface area contributed by atoms with Crippen LogP contribution in [0.25, 0.3) is 33.2 Å². The van der Waals surface area contributed by atoms with E-state index in [1.165, 1.54) is 4.68 Å². The smallest absolute Gasteiger partial charge is 0.258 e. The van der Waals surface area contributed by atoms with Crippen molar-refractivity contribution in [2.75, 3.05) is 5.32 Å². The van der Waals surface area contributed by atoms with Gasteiger partial charge in [-0.25, -0.2) is 18.4 Å². The van der Waals surface area contributed by atoms with Crippen LogP contribution < -0.4 is 10.6 Å². The molecule has 4 aromatic rings. The molecule has 0 radical (unpaired) electrons. The molecule has 1 aliphatic rings. The van der Waals surface area contributed by atoms with E-state index in [1.54, 1.807) is 25.3 Å². The highest BCUT2D eigenvalue weighted by molar-refractivity contribution is 5.95. The molecule has 1 amide bonds. The lowest BCUT2D eigenvalue weighted by molar-refractivity contribution is -0.119. The number of nitrogens with zero attached hydrogens (tertiary/aromatic N) is 5. The molecule has 3 N–H and O–H groups in total. The zero-order valence-corrected chi connectivity index (χ0v) is 18.1. The third kappa shape index (κ3) is 4.48. The van der Waals surface area contributed by atoms with Gasteiger partial charge in [-0.15, -0.1) is 5.10 Å². The molecule has 1 aliphatic carbocycles. The van der Waals surface area contributed by atoms with Gasteiger partial charge in [0.2, 0.25) is 11.9 Å². The van der Waals surface area contributed by atoms with Gasteiger partial charge in [0.05, 0.1) is 5.52 Å². The molecule has 1 fully saturated rings. The second-order valence-electron chi connectivity index (χ2n) is 8.42. The molecule has 0 atom stereocenters. The van der Waals surface area contributed by atoms with E-state index in [1.807, 2.05) is 12.3 Å².